The van der Waals surface area contributed by atoms with Crippen LogP contribution in [0.1, 0.15) is 5.56 Å². The van der Waals surface area contributed by atoms with Gasteiger partial charge in [0.15, 0.2) is 5.75 Å². The quantitative estimate of drug-likeness (QED) is 0.514. The normalized spacial score (nSPS) is 9.40. The smallest absolute Gasteiger partial charge is 0.174 e. The highest BCUT2D eigenvalue weighted by Gasteiger charge is 1.97. The average molecular weight is 138 g/mol. The van der Waals surface area contributed by atoms with E-state index in [9.17, 15) is 4.53 Å². The fraction of sp³-hybridized carbons (Fsp3) is 0.143. The Kier molecular flexibility index (Phi) is 1.95. The molecule has 0 atom stereocenters. The Morgan fingerprint density at radius 1 is 1.50 bits per heavy atom. The van der Waals surface area contributed by atoms with Gasteiger partial charge in [0.05, 0.1) is 0 Å². The van der Waals surface area contributed by atoms with Gasteiger partial charge >= 0.3 is 0 Å². The van der Waals surface area contributed by atoms with Gasteiger partial charge in [0.25, 0.3) is 0 Å². The molecule has 0 N–H and O–H groups in total. The van der Waals surface area contributed by atoms with E-state index in [4.69, 9.17) is 0 Å². The minimum absolute atomic E-state index is 0.297. The zero-order chi connectivity index (χ0) is 7.56. The summed E-state index contributed by atoms with van der Waals surface area (Å²) in [6.45, 7) is 1.81. The fourth-order valence-corrected chi connectivity index (χ4v) is 0.886. The van der Waals surface area contributed by atoms with Gasteiger partial charge in [-0.2, -0.15) is 0 Å². The molecule has 1 aromatic rings. The van der Waals surface area contributed by atoms with E-state index >= 15 is 0 Å². The van der Waals surface area contributed by atoms with Crippen LogP contribution in [0.5, 0.6) is 5.75 Å². The molecule has 3 heteroatoms. The highest BCUT2D eigenvalue weighted by molar-refractivity contribution is 6.32. The van der Waals surface area contributed by atoms with Crippen LogP contribution in [0, 0.1) is 6.92 Å². The minimum Gasteiger partial charge on any atom is -0.294 e. The van der Waals surface area contributed by atoms with E-state index in [1.54, 1.807) is 6.07 Å². The molecule has 10 heavy (non-hydrogen) atoms. The number of aryl methyl sites for hydroxylation is 1. The molecule has 0 aromatic heterocycles. The average Bonchev–Trinajstić information content (AvgIpc) is 1.88. The van der Waals surface area contributed by atoms with Gasteiger partial charge in [-0.25, -0.2) is 0 Å². The second-order valence-electron chi connectivity index (χ2n) is 2.35. The standard InChI is InChI=1S/C7H8BFO/c1-5-4-6(8)2-3-7(5)10-9/h2-4H,8H2,1H3. The van der Waals surface area contributed by atoms with E-state index < -0.39 is 0 Å². The minimum atomic E-state index is 0.297. The molecule has 0 radical (unpaired) electrons. The summed E-state index contributed by atoms with van der Waals surface area (Å²) in [5.41, 5.74) is 1.93. The number of hydrogen-bond acceptors (Lipinski definition) is 1. The summed E-state index contributed by atoms with van der Waals surface area (Å²) in [6.07, 6.45) is 0. The van der Waals surface area contributed by atoms with Crippen LogP contribution >= 0.6 is 0 Å². The van der Waals surface area contributed by atoms with Crippen molar-refractivity contribution in [1.29, 1.82) is 0 Å². The van der Waals surface area contributed by atoms with Crippen LogP contribution in [-0.4, -0.2) is 7.85 Å². The second-order valence-corrected chi connectivity index (χ2v) is 2.35. The molecule has 0 amide bonds. The van der Waals surface area contributed by atoms with Crippen molar-refractivity contribution in [3.63, 3.8) is 0 Å². The summed E-state index contributed by atoms with van der Waals surface area (Å²) < 4.78 is 11.6. The summed E-state index contributed by atoms with van der Waals surface area (Å²) in [4.78, 5) is 3.60. The van der Waals surface area contributed by atoms with Gasteiger partial charge in [-0.3, -0.25) is 4.94 Å². The molecule has 0 saturated heterocycles. The van der Waals surface area contributed by atoms with Crippen LogP contribution in [0.3, 0.4) is 0 Å². The molecule has 0 fully saturated rings. The SMILES string of the molecule is Bc1ccc(OF)c(C)c1. The van der Waals surface area contributed by atoms with E-state index in [0.717, 1.165) is 11.0 Å². The van der Waals surface area contributed by atoms with Gasteiger partial charge < -0.3 is 0 Å². The Bertz CT molecular complexity index is 237. The largest absolute Gasteiger partial charge is 0.294 e. The predicted molar refractivity (Wildman–Crippen MR) is 41.1 cm³/mol. The van der Waals surface area contributed by atoms with Crippen LogP contribution in [0.4, 0.5) is 4.53 Å². The van der Waals surface area contributed by atoms with Crippen LogP contribution in [-0.2, 0) is 0 Å². The second kappa shape index (κ2) is 2.73. The van der Waals surface area contributed by atoms with Crippen LogP contribution in [0.25, 0.3) is 0 Å². The Balaban J connectivity index is 3.07. The van der Waals surface area contributed by atoms with Crippen LogP contribution in [0.2, 0.25) is 0 Å². The first kappa shape index (κ1) is 7.13. The molecular weight excluding hydrogens is 130 g/mol. The molecule has 0 unspecified atom stereocenters. The number of hydrogen-bond donors (Lipinski definition) is 0. The molecule has 0 heterocycles. The highest BCUT2D eigenvalue weighted by atomic mass is 19.3. The van der Waals surface area contributed by atoms with Gasteiger partial charge in [0.1, 0.15) is 7.85 Å². The Morgan fingerprint density at radius 3 is 2.70 bits per heavy atom. The monoisotopic (exact) mass is 138 g/mol. The van der Waals surface area contributed by atoms with Gasteiger partial charge in [-0.05, 0) is 18.6 Å². The first-order valence-electron chi connectivity index (χ1n) is 3.10. The maximum absolute atomic E-state index is 11.6. The van der Waals surface area contributed by atoms with E-state index in [2.05, 4.69) is 4.94 Å². The Morgan fingerprint density at radius 2 is 2.20 bits per heavy atom. The molecule has 1 rings (SSSR count). The summed E-state index contributed by atoms with van der Waals surface area (Å²) in [7, 11) is 1.95. The number of benzene rings is 1. The molecule has 52 valence electrons. The van der Waals surface area contributed by atoms with Crippen LogP contribution in [0.15, 0.2) is 18.2 Å². The molecule has 0 aliphatic heterocycles. The lowest BCUT2D eigenvalue weighted by molar-refractivity contribution is -0.00697. The van der Waals surface area contributed by atoms with E-state index in [1.165, 1.54) is 0 Å². The van der Waals surface area contributed by atoms with E-state index in [0.29, 0.717) is 5.75 Å². The van der Waals surface area contributed by atoms with Gasteiger partial charge in [0.2, 0.25) is 0 Å². The highest BCUT2D eigenvalue weighted by Crippen LogP contribution is 2.14. The zero-order valence-corrected chi connectivity index (χ0v) is 6.02. The van der Waals surface area contributed by atoms with Crippen molar-refractivity contribution in [2.75, 3.05) is 0 Å². The lowest BCUT2D eigenvalue weighted by atomic mass is 9.94. The third-order valence-corrected chi connectivity index (χ3v) is 1.41. The third kappa shape index (κ3) is 1.29. The van der Waals surface area contributed by atoms with Crippen molar-refractivity contribution in [3.05, 3.63) is 23.8 Å². The molecule has 0 saturated carbocycles. The molecule has 1 aromatic carbocycles. The summed E-state index contributed by atoms with van der Waals surface area (Å²) in [5.74, 6) is 0.297. The summed E-state index contributed by atoms with van der Waals surface area (Å²) in [6, 6.07) is 5.29. The van der Waals surface area contributed by atoms with Crippen molar-refractivity contribution in [2.45, 2.75) is 6.92 Å². The molecule has 0 spiro atoms. The van der Waals surface area contributed by atoms with Gasteiger partial charge in [-0.15, -0.1) is 0 Å². The third-order valence-electron chi connectivity index (χ3n) is 1.41. The molecular formula is C7H8BFO. The van der Waals surface area contributed by atoms with Gasteiger partial charge in [-0.1, -0.05) is 17.6 Å². The zero-order valence-electron chi connectivity index (χ0n) is 6.02. The van der Waals surface area contributed by atoms with Crippen molar-refractivity contribution < 1.29 is 9.47 Å². The fourth-order valence-electron chi connectivity index (χ4n) is 0.886. The maximum atomic E-state index is 11.6. The van der Waals surface area contributed by atoms with Gasteiger partial charge in [0, 0.05) is 4.53 Å². The molecule has 0 aliphatic carbocycles. The maximum Gasteiger partial charge on any atom is 0.174 e. The van der Waals surface area contributed by atoms with Crippen molar-refractivity contribution in [3.8, 4) is 5.75 Å². The predicted octanol–water partition coefficient (Wildman–Crippen LogP) is 0.517. The van der Waals surface area contributed by atoms with Crippen molar-refractivity contribution in [2.24, 2.45) is 0 Å². The van der Waals surface area contributed by atoms with Crippen LogP contribution < -0.4 is 10.4 Å². The van der Waals surface area contributed by atoms with E-state index in [1.807, 2.05) is 26.9 Å². The van der Waals surface area contributed by atoms with Crippen molar-refractivity contribution >= 4 is 13.3 Å². The van der Waals surface area contributed by atoms with Crippen molar-refractivity contribution in [1.82, 2.24) is 0 Å². The summed E-state index contributed by atoms with van der Waals surface area (Å²) >= 11 is 0. The Hall–Kier alpha value is -0.985. The topological polar surface area (TPSA) is 9.23 Å². The Labute approximate surface area is 60.1 Å². The number of halogens is 1. The lowest BCUT2D eigenvalue weighted by Crippen LogP contribution is -2.01. The first-order chi connectivity index (χ1) is 4.74. The number of rotatable bonds is 1. The molecule has 0 bridgehead atoms. The molecule has 1 nitrogen and oxygen atoms in total. The molecule has 0 aliphatic rings. The van der Waals surface area contributed by atoms with E-state index in [-0.39, 0.29) is 0 Å². The lowest BCUT2D eigenvalue weighted by Gasteiger charge is -1.99. The summed E-state index contributed by atoms with van der Waals surface area (Å²) in [5, 5.41) is 0. The first-order valence-corrected chi connectivity index (χ1v) is 3.10.